The minimum Gasteiger partial charge on any atom is -0.416 e. The van der Waals surface area contributed by atoms with E-state index in [9.17, 15) is 8.42 Å². The minimum absolute atomic E-state index is 0.225. The van der Waals surface area contributed by atoms with Crippen LogP contribution in [0, 0.1) is 6.92 Å². The van der Waals surface area contributed by atoms with Gasteiger partial charge in [-0.2, -0.15) is 4.31 Å². The standard InChI is InChI=1S/C25H24N4O3S/c1-19-10-12-20(13-11-19)24-26-27-25(32-24)21-6-5-9-23(18-21)33(30,31)29-16-14-28(15-17-29)22-7-3-2-4-8-22/h2-13,18H,14-17H2,1H3. The van der Waals surface area contributed by atoms with Gasteiger partial charge in [0.1, 0.15) is 0 Å². The lowest BCUT2D eigenvalue weighted by Gasteiger charge is -2.35. The number of aryl methyl sites for hydroxylation is 1. The molecular weight excluding hydrogens is 436 g/mol. The van der Waals surface area contributed by atoms with E-state index in [1.807, 2.05) is 61.5 Å². The molecule has 0 saturated carbocycles. The molecule has 0 atom stereocenters. The van der Waals surface area contributed by atoms with Crippen LogP contribution in [0.1, 0.15) is 5.56 Å². The smallest absolute Gasteiger partial charge is 0.248 e. The third kappa shape index (κ3) is 4.40. The predicted molar refractivity (Wildman–Crippen MR) is 127 cm³/mol. The monoisotopic (exact) mass is 460 g/mol. The normalized spacial score (nSPS) is 15.0. The summed E-state index contributed by atoms with van der Waals surface area (Å²) in [7, 11) is -3.63. The predicted octanol–water partition coefficient (Wildman–Crippen LogP) is 4.22. The fourth-order valence-electron chi connectivity index (χ4n) is 3.92. The first-order valence-corrected chi connectivity index (χ1v) is 12.3. The van der Waals surface area contributed by atoms with Crippen molar-refractivity contribution in [2.45, 2.75) is 11.8 Å². The fraction of sp³-hybridized carbons (Fsp3) is 0.200. The highest BCUT2D eigenvalue weighted by molar-refractivity contribution is 7.89. The van der Waals surface area contributed by atoms with Gasteiger partial charge in [0, 0.05) is 43.0 Å². The Bertz CT molecular complexity index is 1340. The summed E-state index contributed by atoms with van der Waals surface area (Å²) in [6.45, 7) is 4.16. The van der Waals surface area contributed by atoms with Crippen LogP contribution in [0.2, 0.25) is 0 Å². The zero-order valence-electron chi connectivity index (χ0n) is 18.3. The van der Waals surface area contributed by atoms with Crippen LogP contribution in [-0.2, 0) is 10.0 Å². The summed E-state index contributed by atoms with van der Waals surface area (Å²) in [5, 5.41) is 8.26. The van der Waals surface area contributed by atoms with Crippen molar-refractivity contribution in [2.24, 2.45) is 0 Å². The number of aromatic nitrogens is 2. The molecule has 1 aliphatic heterocycles. The van der Waals surface area contributed by atoms with Crippen molar-refractivity contribution in [3.05, 3.63) is 84.4 Å². The number of hydrogen-bond donors (Lipinski definition) is 0. The summed E-state index contributed by atoms with van der Waals surface area (Å²) < 4.78 is 34.0. The molecule has 0 spiro atoms. The van der Waals surface area contributed by atoms with Gasteiger partial charge >= 0.3 is 0 Å². The number of anilines is 1. The van der Waals surface area contributed by atoms with E-state index in [0.717, 1.165) is 16.8 Å². The van der Waals surface area contributed by atoms with Crippen molar-refractivity contribution in [1.29, 1.82) is 0 Å². The molecule has 2 heterocycles. The first-order valence-electron chi connectivity index (χ1n) is 10.8. The van der Waals surface area contributed by atoms with Gasteiger partial charge in [0.05, 0.1) is 4.90 Å². The maximum atomic E-state index is 13.3. The highest BCUT2D eigenvalue weighted by atomic mass is 32.2. The van der Waals surface area contributed by atoms with Gasteiger partial charge in [-0.1, -0.05) is 42.0 Å². The first kappa shape index (κ1) is 21.4. The van der Waals surface area contributed by atoms with E-state index in [0.29, 0.717) is 37.6 Å². The summed E-state index contributed by atoms with van der Waals surface area (Å²) in [6, 6.07) is 24.5. The molecule has 0 N–H and O–H groups in total. The summed E-state index contributed by atoms with van der Waals surface area (Å²) in [6.07, 6.45) is 0. The topological polar surface area (TPSA) is 79.5 Å². The Balaban J connectivity index is 1.34. The number of benzene rings is 3. The summed E-state index contributed by atoms with van der Waals surface area (Å²) in [4.78, 5) is 2.43. The van der Waals surface area contributed by atoms with Gasteiger partial charge in [-0.05, 0) is 49.4 Å². The van der Waals surface area contributed by atoms with E-state index in [1.54, 1.807) is 24.3 Å². The first-order chi connectivity index (χ1) is 16.0. The van der Waals surface area contributed by atoms with Crippen LogP contribution in [0.3, 0.4) is 0 Å². The Morgan fingerprint density at radius 2 is 1.42 bits per heavy atom. The van der Waals surface area contributed by atoms with Crippen LogP contribution in [0.25, 0.3) is 22.9 Å². The van der Waals surface area contributed by atoms with Gasteiger partial charge < -0.3 is 9.32 Å². The second-order valence-corrected chi connectivity index (χ2v) is 9.97. The molecule has 0 amide bonds. The molecule has 0 bridgehead atoms. The van der Waals surface area contributed by atoms with Crippen molar-refractivity contribution < 1.29 is 12.8 Å². The van der Waals surface area contributed by atoms with E-state index in [-0.39, 0.29) is 10.8 Å². The molecule has 1 aliphatic rings. The number of sulfonamides is 1. The molecule has 0 radical (unpaired) electrons. The quantitative estimate of drug-likeness (QED) is 0.444. The highest BCUT2D eigenvalue weighted by Gasteiger charge is 2.29. The third-order valence-electron chi connectivity index (χ3n) is 5.80. The van der Waals surface area contributed by atoms with Crippen molar-refractivity contribution in [3.8, 4) is 22.9 Å². The van der Waals surface area contributed by atoms with Gasteiger partial charge in [0.25, 0.3) is 0 Å². The van der Waals surface area contributed by atoms with Crippen molar-refractivity contribution in [3.63, 3.8) is 0 Å². The highest BCUT2D eigenvalue weighted by Crippen LogP contribution is 2.27. The Kier molecular flexibility index (Phi) is 5.70. The molecule has 33 heavy (non-hydrogen) atoms. The maximum absolute atomic E-state index is 13.3. The zero-order valence-corrected chi connectivity index (χ0v) is 19.1. The summed E-state index contributed by atoms with van der Waals surface area (Å²) >= 11 is 0. The molecule has 0 aliphatic carbocycles. The molecule has 0 unspecified atom stereocenters. The number of nitrogens with zero attached hydrogens (tertiary/aromatic N) is 4. The lowest BCUT2D eigenvalue weighted by atomic mass is 10.1. The van der Waals surface area contributed by atoms with E-state index in [2.05, 4.69) is 15.1 Å². The van der Waals surface area contributed by atoms with Crippen LogP contribution in [0.5, 0.6) is 0 Å². The minimum atomic E-state index is -3.63. The molecule has 8 heteroatoms. The molecule has 168 valence electrons. The van der Waals surface area contributed by atoms with Crippen LogP contribution >= 0.6 is 0 Å². The van der Waals surface area contributed by atoms with Gasteiger partial charge in [0.2, 0.25) is 21.8 Å². The van der Waals surface area contributed by atoms with E-state index >= 15 is 0 Å². The average molecular weight is 461 g/mol. The zero-order chi connectivity index (χ0) is 22.8. The third-order valence-corrected chi connectivity index (χ3v) is 7.70. The lowest BCUT2D eigenvalue weighted by Crippen LogP contribution is -2.48. The molecule has 1 saturated heterocycles. The molecule has 5 rings (SSSR count). The van der Waals surface area contributed by atoms with Crippen LogP contribution in [0.4, 0.5) is 5.69 Å². The SMILES string of the molecule is Cc1ccc(-c2nnc(-c3cccc(S(=O)(=O)N4CCN(c5ccccc5)CC4)c3)o2)cc1. The van der Waals surface area contributed by atoms with E-state index < -0.39 is 10.0 Å². The average Bonchev–Trinajstić information content (AvgIpc) is 3.36. The second kappa shape index (κ2) is 8.80. The van der Waals surface area contributed by atoms with Gasteiger partial charge in [-0.3, -0.25) is 0 Å². The summed E-state index contributed by atoms with van der Waals surface area (Å²) in [5.74, 6) is 0.687. The van der Waals surface area contributed by atoms with Crippen molar-refractivity contribution in [2.75, 3.05) is 31.1 Å². The molecule has 4 aromatic rings. The Labute approximate surface area is 193 Å². The molecule has 1 fully saturated rings. The largest absolute Gasteiger partial charge is 0.416 e. The Morgan fingerprint density at radius 3 is 2.12 bits per heavy atom. The van der Waals surface area contributed by atoms with Gasteiger partial charge in [-0.15, -0.1) is 10.2 Å². The van der Waals surface area contributed by atoms with Crippen LogP contribution < -0.4 is 4.90 Å². The number of para-hydroxylation sites is 1. The van der Waals surface area contributed by atoms with Crippen LogP contribution in [-0.4, -0.2) is 49.1 Å². The fourth-order valence-corrected chi connectivity index (χ4v) is 5.39. The molecule has 7 nitrogen and oxygen atoms in total. The maximum Gasteiger partial charge on any atom is 0.248 e. The second-order valence-electron chi connectivity index (χ2n) is 8.03. The van der Waals surface area contributed by atoms with E-state index in [4.69, 9.17) is 4.42 Å². The van der Waals surface area contributed by atoms with Crippen molar-refractivity contribution >= 4 is 15.7 Å². The number of hydrogen-bond acceptors (Lipinski definition) is 6. The van der Waals surface area contributed by atoms with E-state index in [1.165, 1.54) is 4.31 Å². The van der Waals surface area contributed by atoms with Crippen molar-refractivity contribution in [1.82, 2.24) is 14.5 Å². The van der Waals surface area contributed by atoms with Crippen LogP contribution in [0.15, 0.2) is 88.2 Å². The Morgan fingerprint density at radius 1 is 0.758 bits per heavy atom. The lowest BCUT2D eigenvalue weighted by molar-refractivity contribution is 0.385. The molecule has 1 aromatic heterocycles. The Hall–Kier alpha value is -3.49. The number of piperazine rings is 1. The van der Waals surface area contributed by atoms with Gasteiger partial charge in [-0.25, -0.2) is 8.42 Å². The van der Waals surface area contributed by atoms with Gasteiger partial charge in [0.15, 0.2) is 0 Å². The molecular formula is C25H24N4O3S. The molecule has 3 aromatic carbocycles. The summed E-state index contributed by atoms with van der Waals surface area (Å²) in [5.41, 5.74) is 3.64. The number of rotatable bonds is 5.